The smallest absolute Gasteiger partial charge is 0.164 e. The summed E-state index contributed by atoms with van der Waals surface area (Å²) in [4.78, 5) is 14.9. The van der Waals surface area contributed by atoms with Gasteiger partial charge in [0.2, 0.25) is 0 Å². The van der Waals surface area contributed by atoms with Gasteiger partial charge in [0.05, 0.1) is 22.1 Å². The van der Waals surface area contributed by atoms with Crippen molar-refractivity contribution in [1.29, 1.82) is 0 Å². The summed E-state index contributed by atoms with van der Waals surface area (Å²) in [5.74, 6) is 1.93. The first-order valence-electron chi connectivity index (χ1n) is 21.4. The molecule has 0 saturated heterocycles. The van der Waals surface area contributed by atoms with Crippen LogP contribution in [0.2, 0.25) is 0 Å². The van der Waals surface area contributed by atoms with E-state index in [0.29, 0.717) is 17.5 Å². The molecule has 5 nitrogen and oxygen atoms in total. The molecule has 0 saturated carbocycles. The van der Waals surface area contributed by atoms with Gasteiger partial charge in [0.15, 0.2) is 17.5 Å². The lowest BCUT2D eigenvalue weighted by Gasteiger charge is -2.12. The van der Waals surface area contributed by atoms with Crippen molar-refractivity contribution >= 4 is 43.6 Å². The summed E-state index contributed by atoms with van der Waals surface area (Å²) < 4.78 is 4.79. The molecule has 296 valence electrons. The van der Waals surface area contributed by atoms with Gasteiger partial charge in [-0.25, -0.2) is 15.0 Å². The minimum absolute atomic E-state index is 0.635. The Bertz CT molecular complexity index is 3620. The van der Waals surface area contributed by atoms with Crippen LogP contribution in [0, 0.1) is 6.92 Å². The van der Waals surface area contributed by atoms with Crippen LogP contribution in [0.1, 0.15) is 5.56 Å². The second-order valence-corrected chi connectivity index (χ2v) is 16.1. The first-order valence-corrected chi connectivity index (χ1v) is 21.4. The Morgan fingerprint density at radius 3 is 1.46 bits per heavy atom. The summed E-state index contributed by atoms with van der Waals surface area (Å²) in [5.41, 5.74) is 15.7. The lowest BCUT2D eigenvalue weighted by atomic mass is 10.0. The molecule has 0 unspecified atom stereocenters. The van der Waals surface area contributed by atoms with Crippen LogP contribution in [0.3, 0.4) is 0 Å². The summed E-state index contributed by atoms with van der Waals surface area (Å²) in [6.45, 7) is 2.18. The zero-order valence-electron chi connectivity index (χ0n) is 34.5. The van der Waals surface area contributed by atoms with Crippen molar-refractivity contribution in [1.82, 2.24) is 24.1 Å². The Morgan fingerprint density at radius 1 is 0.286 bits per heavy atom. The minimum atomic E-state index is 0.635. The number of nitrogens with zero attached hydrogens (tertiary/aromatic N) is 5. The van der Waals surface area contributed by atoms with Gasteiger partial charge in [-0.05, 0) is 89.3 Å². The molecule has 0 bridgehead atoms. The fraction of sp³-hybridized carbons (Fsp3) is 0.0172. The van der Waals surface area contributed by atoms with Crippen molar-refractivity contribution in [3.05, 3.63) is 224 Å². The van der Waals surface area contributed by atoms with Crippen molar-refractivity contribution in [3.8, 4) is 67.8 Å². The van der Waals surface area contributed by atoms with Gasteiger partial charge in [0, 0.05) is 49.6 Å². The normalized spacial score (nSPS) is 11.6. The zero-order chi connectivity index (χ0) is 41.9. The number of hydrogen-bond acceptors (Lipinski definition) is 3. The Kier molecular flexibility index (Phi) is 8.64. The summed E-state index contributed by atoms with van der Waals surface area (Å²) >= 11 is 0. The SMILES string of the molecule is Cc1ccccc1-n1c2ccccc2c2cc(-c3ccc(-n4c5ccccc5c5ccc(-c6cccc(-c7nc(-c8ccccc8)nc(-c8ccccc8)n7)c6)cc54)cc3)ccc21. The van der Waals surface area contributed by atoms with E-state index < -0.39 is 0 Å². The Balaban J connectivity index is 0.938. The van der Waals surface area contributed by atoms with Crippen molar-refractivity contribution in [2.24, 2.45) is 0 Å². The number of benzene rings is 9. The fourth-order valence-corrected chi connectivity index (χ4v) is 9.23. The molecule has 0 radical (unpaired) electrons. The van der Waals surface area contributed by atoms with Crippen LogP contribution in [0.15, 0.2) is 218 Å². The van der Waals surface area contributed by atoms with Crippen molar-refractivity contribution in [3.63, 3.8) is 0 Å². The molecule has 0 N–H and O–H groups in total. The van der Waals surface area contributed by atoms with Gasteiger partial charge in [-0.2, -0.15) is 0 Å². The number of para-hydroxylation sites is 3. The number of hydrogen-bond donors (Lipinski definition) is 0. The third-order valence-corrected chi connectivity index (χ3v) is 12.3. The molecule has 0 amide bonds. The first-order chi connectivity index (χ1) is 31.1. The van der Waals surface area contributed by atoms with Gasteiger partial charge in [0.25, 0.3) is 0 Å². The van der Waals surface area contributed by atoms with Crippen LogP contribution in [-0.2, 0) is 0 Å². The van der Waals surface area contributed by atoms with E-state index in [0.717, 1.165) is 39.0 Å². The highest BCUT2D eigenvalue weighted by Crippen LogP contribution is 2.38. The van der Waals surface area contributed by atoms with E-state index in [1.54, 1.807) is 0 Å². The van der Waals surface area contributed by atoms with Gasteiger partial charge in [-0.3, -0.25) is 0 Å². The highest BCUT2D eigenvalue weighted by atomic mass is 15.0. The van der Waals surface area contributed by atoms with Crippen LogP contribution in [0.25, 0.3) is 111 Å². The van der Waals surface area contributed by atoms with E-state index >= 15 is 0 Å². The molecule has 12 aromatic rings. The number of fused-ring (bicyclic) bond motifs is 6. The molecule has 12 rings (SSSR count). The highest BCUT2D eigenvalue weighted by molar-refractivity contribution is 6.11. The van der Waals surface area contributed by atoms with Gasteiger partial charge >= 0.3 is 0 Å². The van der Waals surface area contributed by atoms with E-state index in [2.05, 4.69) is 174 Å². The quantitative estimate of drug-likeness (QED) is 0.161. The van der Waals surface area contributed by atoms with E-state index in [9.17, 15) is 0 Å². The average molecular weight is 806 g/mol. The predicted molar refractivity (Wildman–Crippen MR) is 260 cm³/mol. The Hall–Kier alpha value is -8.41. The summed E-state index contributed by atoms with van der Waals surface area (Å²) in [5, 5.41) is 4.93. The Labute approximate surface area is 364 Å². The largest absolute Gasteiger partial charge is 0.309 e. The number of aromatic nitrogens is 5. The second kappa shape index (κ2) is 14.9. The van der Waals surface area contributed by atoms with Crippen LogP contribution in [0.5, 0.6) is 0 Å². The predicted octanol–water partition coefficient (Wildman–Crippen LogP) is 14.7. The summed E-state index contributed by atoms with van der Waals surface area (Å²) in [6, 6.07) is 77.5. The molecule has 0 aliphatic heterocycles. The number of aryl methyl sites for hydroxylation is 1. The molecule has 0 atom stereocenters. The molecular formula is C58H39N5. The molecule has 9 aromatic carbocycles. The van der Waals surface area contributed by atoms with E-state index in [1.165, 1.54) is 60.5 Å². The first kappa shape index (κ1) is 36.4. The van der Waals surface area contributed by atoms with Gasteiger partial charge in [-0.1, -0.05) is 164 Å². The van der Waals surface area contributed by atoms with Crippen LogP contribution in [0.4, 0.5) is 0 Å². The third-order valence-electron chi connectivity index (χ3n) is 12.3. The topological polar surface area (TPSA) is 48.5 Å². The average Bonchev–Trinajstić information content (AvgIpc) is 3.87. The minimum Gasteiger partial charge on any atom is -0.309 e. The molecule has 0 spiro atoms. The molecule has 3 aromatic heterocycles. The fourth-order valence-electron chi connectivity index (χ4n) is 9.23. The molecular weight excluding hydrogens is 767 g/mol. The van der Waals surface area contributed by atoms with Gasteiger partial charge in [0.1, 0.15) is 0 Å². The maximum Gasteiger partial charge on any atom is 0.164 e. The van der Waals surface area contributed by atoms with Crippen molar-refractivity contribution in [2.45, 2.75) is 6.92 Å². The lowest BCUT2D eigenvalue weighted by molar-refractivity contribution is 1.07. The molecule has 3 heterocycles. The standard InChI is InChI=1S/C58H39N5/c1-38-15-8-11-24-51(38)63-53-26-13-10-23-48(53)50-36-43(30-34-54(50)63)39-27-31-46(32-28-39)62-52-25-12-9-22-47(52)49-33-29-44(37-55(49)62)42-20-14-21-45(35-42)58-60-56(40-16-4-2-5-17-40)59-57(61-58)41-18-6-3-7-19-41/h2-37H,1H3. The zero-order valence-corrected chi connectivity index (χ0v) is 34.5. The summed E-state index contributed by atoms with van der Waals surface area (Å²) in [6.07, 6.45) is 0. The Morgan fingerprint density at radius 2 is 0.762 bits per heavy atom. The molecule has 0 aliphatic rings. The van der Waals surface area contributed by atoms with Crippen molar-refractivity contribution < 1.29 is 0 Å². The van der Waals surface area contributed by atoms with Crippen LogP contribution < -0.4 is 0 Å². The van der Waals surface area contributed by atoms with E-state index in [1.807, 2.05) is 60.7 Å². The second-order valence-electron chi connectivity index (χ2n) is 16.1. The van der Waals surface area contributed by atoms with Crippen LogP contribution >= 0.6 is 0 Å². The lowest BCUT2D eigenvalue weighted by Crippen LogP contribution is -2.00. The molecule has 0 fully saturated rings. The van der Waals surface area contributed by atoms with E-state index in [-0.39, 0.29) is 0 Å². The molecule has 63 heavy (non-hydrogen) atoms. The maximum atomic E-state index is 5.01. The molecule has 5 heteroatoms. The summed E-state index contributed by atoms with van der Waals surface area (Å²) in [7, 11) is 0. The van der Waals surface area contributed by atoms with Gasteiger partial charge < -0.3 is 9.13 Å². The monoisotopic (exact) mass is 805 g/mol. The number of rotatable bonds is 7. The molecule has 0 aliphatic carbocycles. The van der Waals surface area contributed by atoms with Gasteiger partial charge in [-0.15, -0.1) is 0 Å². The highest BCUT2D eigenvalue weighted by Gasteiger charge is 2.18. The van der Waals surface area contributed by atoms with Crippen LogP contribution in [-0.4, -0.2) is 24.1 Å². The third kappa shape index (κ3) is 6.29. The maximum absolute atomic E-state index is 5.01. The van der Waals surface area contributed by atoms with Crippen molar-refractivity contribution in [2.75, 3.05) is 0 Å². The van der Waals surface area contributed by atoms with E-state index in [4.69, 9.17) is 15.0 Å².